The van der Waals surface area contributed by atoms with Gasteiger partial charge in [0.2, 0.25) is 0 Å². The summed E-state index contributed by atoms with van der Waals surface area (Å²) in [5.41, 5.74) is 5.64. The third-order valence-electron chi connectivity index (χ3n) is 4.49. The zero-order chi connectivity index (χ0) is 12.3. The van der Waals surface area contributed by atoms with E-state index in [2.05, 4.69) is 11.8 Å². The molecule has 0 unspecified atom stereocenters. The van der Waals surface area contributed by atoms with Gasteiger partial charge in [-0.05, 0) is 44.4 Å². The molecular formula is C14H26N2S. The van der Waals surface area contributed by atoms with Crippen LogP contribution in [0.3, 0.4) is 0 Å². The maximum Gasteiger partial charge on any atom is 0.0740 e. The number of nitrogens with zero attached hydrogens (tertiary/aromatic N) is 1. The first-order chi connectivity index (χ1) is 8.20. The molecule has 0 heterocycles. The number of hydrogen-bond acceptors (Lipinski definition) is 2. The van der Waals surface area contributed by atoms with E-state index in [-0.39, 0.29) is 0 Å². The molecule has 2 nitrogen and oxygen atoms in total. The molecule has 2 aliphatic rings. The molecule has 0 aromatic rings. The normalized spacial score (nSPS) is 29.5. The summed E-state index contributed by atoms with van der Waals surface area (Å²) in [6.07, 6.45) is 10.7. The Bertz CT molecular complexity index is 255. The van der Waals surface area contributed by atoms with Crippen LogP contribution in [-0.4, -0.2) is 28.5 Å². The van der Waals surface area contributed by atoms with Crippen molar-refractivity contribution in [2.45, 2.75) is 70.4 Å². The molecule has 0 aromatic heterocycles. The molecule has 0 amide bonds. The van der Waals surface area contributed by atoms with Gasteiger partial charge in [0.05, 0.1) is 4.99 Å². The molecule has 2 aliphatic carbocycles. The largest absolute Gasteiger partial charge is 0.393 e. The van der Waals surface area contributed by atoms with Crippen LogP contribution in [0.2, 0.25) is 0 Å². The highest BCUT2D eigenvalue weighted by Gasteiger charge is 2.35. The zero-order valence-corrected chi connectivity index (χ0v) is 11.8. The van der Waals surface area contributed by atoms with Gasteiger partial charge in [0.15, 0.2) is 0 Å². The van der Waals surface area contributed by atoms with E-state index < -0.39 is 0 Å². The van der Waals surface area contributed by atoms with Crippen LogP contribution in [0.1, 0.15) is 58.3 Å². The van der Waals surface area contributed by atoms with Crippen LogP contribution in [0.25, 0.3) is 0 Å². The zero-order valence-electron chi connectivity index (χ0n) is 11.0. The lowest BCUT2D eigenvalue weighted by molar-refractivity contribution is 0.130. The lowest BCUT2D eigenvalue weighted by atomic mass is 9.84. The molecule has 17 heavy (non-hydrogen) atoms. The molecule has 0 spiro atoms. The Labute approximate surface area is 111 Å². The van der Waals surface area contributed by atoms with E-state index >= 15 is 0 Å². The van der Waals surface area contributed by atoms with Gasteiger partial charge >= 0.3 is 0 Å². The van der Waals surface area contributed by atoms with Crippen LogP contribution in [-0.2, 0) is 0 Å². The van der Waals surface area contributed by atoms with Crippen molar-refractivity contribution in [3.63, 3.8) is 0 Å². The third-order valence-corrected chi connectivity index (χ3v) is 4.70. The number of thiocarbonyl (C=S) groups is 1. The molecular weight excluding hydrogens is 228 g/mol. The van der Waals surface area contributed by atoms with Crippen molar-refractivity contribution >= 4 is 17.2 Å². The first kappa shape index (κ1) is 13.3. The maximum atomic E-state index is 5.64. The Morgan fingerprint density at radius 3 is 2.06 bits per heavy atom. The summed E-state index contributed by atoms with van der Waals surface area (Å²) in [5.74, 6) is 0.989. The summed E-state index contributed by atoms with van der Waals surface area (Å²) in [4.78, 5) is 3.39. The number of nitrogens with two attached hydrogens (primary N) is 1. The second-order valence-electron chi connectivity index (χ2n) is 5.77. The van der Waals surface area contributed by atoms with Gasteiger partial charge in [-0.15, -0.1) is 0 Å². The molecule has 0 atom stereocenters. The first-order valence-corrected chi connectivity index (χ1v) is 7.65. The first-order valence-electron chi connectivity index (χ1n) is 7.24. The van der Waals surface area contributed by atoms with Crippen molar-refractivity contribution in [2.24, 2.45) is 11.7 Å². The lowest BCUT2D eigenvalue weighted by Gasteiger charge is -2.37. The second kappa shape index (κ2) is 6.14. The molecule has 98 valence electrons. The van der Waals surface area contributed by atoms with Crippen molar-refractivity contribution in [3.05, 3.63) is 0 Å². The molecule has 0 saturated heterocycles. The van der Waals surface area contributed by atoms with E-state index in [1.807, 2.05) is 0 Å². The van der Waals surface area contributed by atoms with E-state index in [1.54, 1.807) is 0 Å². The van der Waals surface area contributed by atoms with Gasteiger partial charge in [0.1, 0.15) is 0 Å². The Balaban J connectivity index is 1.82. The summed E-state index contributed by atoms with van der Waals surface area (Å²) >= 11 is 5.01. The molecule has 2 rings (SSSR count). The highest BCUT2D eigenvalue weighted by atomic mass is 32.1. The summed E-state index contributed by atoms with van der Waals surface area (Å²) in [6, 6.07) is 1.67. The van der Waals surface area contributed by atoms with Crippen molar-refractivity contribution in [1.82, 2.24) is 4.90 Å². The van der Waals surface area contributed by atoms with E-state index in [0.717, 1.165) is 31.0 Å². The minimum absolute atomic E-state index is 0.679. The van der Waals surface area contributed by atoms with Crippen molar-refractivity contribution < 1.29 is 0 Å². The molecule has 2 fully saturated rings. The van der Waals surface area contributed by atoms with Crippen molar-refractivity contribution in [1.29, 1.82) is 0 Å². The minimum atomic E-state index is 0.679. The fraction of sp³-hybridized carbons (Fsp3) is 0.929. The Morgan fingerprint density at radius 2 is 1.65 bits per heavy atom. The molecule has 2 N–H and O–H groups in total. The predicted octanol–water partition coefficient (Wildman–Crippen LogP) is 3.10. The second-order valence-corrected chi connectivity index (χ2v) is 6.29. The summed E-state index contributed by atoms with van der Waals surface area (Å²) in [5, 5.41) is 0. The minimum Gasteiger partial charge on any atom is -0.393 e. The van der Waals surface area contributed by atoms with Crippen LogP contribution in [0, 0.1) is 5.92 Å². The fourth-order valence-electron chi connectivity index (χ4n) is 3.19. The molecule has 2 saturated carbocycles. The van der Waals surface area contributed by atoms with Crippen LogP contribution < -0.4 is 5.73 Å². The van der Waals surface area contributed by atoms with E-state index in [9.17, 15) is 0 Å². The van der Waals surface area contributed by atoms with Gasteiger partial charge in [-0.2, -0.15) is 0 Å². The fourth-order valence-corrected chi connectivity index (χ4v) is 3.28. The topological polar surface area (TPSA) is 29.3 Å². The van der Waals surface area contributed by atoms with Gasteiger partial charge in [-0.25, -0.2) is 0 Å². The molecule has 0 bridgehead atoms. The summed E-state index contributed by atoms with van der Waals surface area (Å²) in [7, 11) is 0. The van der Waals surface area contributed by atoms with Gasteiger partial charge < -0.3 is 5.73 Å². The molecule has 3 heteroatoms. The number of rotatable bonds is 6. The van der Waals surface area contributed by atoms with E-state index in [4.69, 9.17) is 18.0 Å². The highest BCUT2D eigenvalue weighted by Crippen LogP contribution is 2.36. The van der Waals surface area contributed by atoms with Crippen LogP contribution in [0.4, 0.5) is 0 Å². The smallest absolute Gasteiger partial charge is 0.0740 e. The van der Waals surface area contributed by atoms with Gasteiger partial charge in [-0.1, -0.05) is 25.6 Å². The maximum absolute atomic E-state index is 5.64. The van der Waals surface area contributed by atoms with Gasteiger partial charge in [0.25, 0.3) is 0 Å². The molecule has 0 aromatic carbocycles. The SMILES string of the molecule is CCC1CCC(N(CCC(N)=S)C2CC2)CC1. The Hall–Kier alpha value is -0.150. The van der Waals surface area contributed by atoms with Crippen molar-refractivity contribution in [2.75, 3.05) is 6.54 Å². The van der Waals surface area contributed by atoms with Gasteiger partial charge in [-0.3, -0.25) is 4.90 Å². The van der Waals surface area contributed by atoms with E-state index in [0.29, 0.717) is 4.99 Å². The lowest BCUT2D eigenvalue weighted by Crippen LogP contribution is -2.41. The Kier molecular flexibility index (Phi) is 4.80. The van der Waals surface area contributed by atoms with Crippen LogP contribution in [0.15, 0.2) is 0 Å². The van der Waals surface area contributed by atoms with Crippen molar-refractivity contribution in [3.8, 4) is 0 Å². The standard InChI is InChI=1S/C14H26N2S/c1-2-11-3-5-12(6-4-11)16(13-7-8-13)10-9-14(15)17/h11-13H,2-10H2,1H3,(H2,15,17). The third kappa shape index (κ3) is 3.92. The summed E-state index contributed by atoms with van der Waals surface area (Å²) in [6.45, 7) is 3.43. The Morgan fingerprint density at radius 1 is 1.12 bits per heavy atom. The quantitative estimate of drug-likeness (QED) is 0.739. The average Bonchev–Trinajstić information content (AvgIpc) is 3.14. The number of hydrogen-bond donors (Lipinski definition) is 1. The molecule has 0 radical (unpaired) electrons. The van der Waals surface area contributed by atoms with Crippen LogP contribution in [0.5, 0.6) is 0 Å². The summed E-state index contributed by atoms with van der Waals surface area (Å²) < 4.78 is 0. The van der Waals surface area contributed by atoms with E-state index in [1.165, 1.54) is 44.9 Å². The monoisotopic (exact) mass is 254 g/mol. The average molecular weight is 254 g/mol. The van der Waals surface area contributed by atoms with Crippen LogP contribution >= 0.6 is 12.2 Å². The molecule has 0 aliphatic heterocycles. The van der Waals surface area contributed by atoms with Gasteiger partial charge in [0, 0.05) is 25.0 Å². The predicted molar refractivity (Wildman–Crippen MR) is 77.2 cm³/mol. The highest BCUT2D eigenvalue weighted by molar-refractivity contribution is 7.80.